The van der Waals surface area contributed by atoms with Crippen molar-refractivity contribution >= 4 is 15.9 Å². The number of hydrogen-bond donors (Lipinski definition) is 1. The normalized spacial score (nSPS) is 12.1. The second kappa shape index (κ2) is 5.85. The Bertz CT molecular complexity index is 310. The molecule has 1 atom stereocenters. The first kappa shape index (κ1) is 11.3. The summed E-state index contributed by atoms with van der Waals surface area (Å²) in [5, 5.41) is 0. The summed E-state index contributed by atoms with van der Waals surface area (Å²) < 4.78 is 1.08. The van der Waals surface area contributed by atoms with Gasteiger partial charge in [0, 0.05) is 16.9 Å². The monoisotopic (exact) mass is 251 g/mol. The first-order chi connectivity index (χ1) is 6.74. The maximum absolute atomic E-state index is 6.00. The lowest BCUT2D eigenvalue weighted by Crippen LogP contribution is -2.09. The minimum Gasteiger partial charge on any atom is -0.324 e. The van der Waals surface area contributed by atoms with Crippen LogP contribution in [0.2, 0.25) is 0 Å². The fourth-order valence-corrected chi connectivity index (χ4v) is 1.57. The standard InChI is InChI=1S/C12H14BrN/c1-2-3-4-5-12(14)10-6-8-11(13)9-7-10/h1,6-9,12H,3-5,14H2. The van der Waals surface area contributed by atoms with Gasteiger partial charge in [-0.05, 0) is 30.5 Å². The SMILES string of the molecule is C#CCCCC(N)c1ccc(Br)cc1. The van der Waals surface area contributed by atoms with Crippen LogP contribution < -0.4 is 5.73 Å². The van der Waals surface area contributed by atoms with Gasteiger partial charge >= 0.3 is 0 Å². The van der Waals surface area contributed by atoms with E-state index >= 15 is 0 Å². The van der Waals surface area contributed by atoms with Gasteiger partial charge < -0.3 is 5.73 Å². The van der Waals surface area contributed by atoms with Gasteiger partial charge in [-0.15, -0.1) is 12.3 Å². The van der Waals surface area contributed by atoms with E-state index in [4.69, 9.17) is 12.2 Å². The van der Waals surface area contributed by atoms with E-state index in [1.807, 2.05) is 24.3 Å². The van der Waals surface area contributed by atoms with Crippen molar-refractivity contribution in [3.8, 4) is 12.3 Å². The van der Waals surface area contributed by atoms with Gasteiger partial charge in [0.2, 0.25) is 0 Å². The van der Waals surface area contributed by atoms with Crippen molar-refractivity contribution in [3.63, 3.8) is 0 Å². The Hall–Kier alpha value is -0.780. The lowest BCUT2D eigenvalue weighted by molar-refractivity contribution is 0.621. The van der Waals surface area contributed by atoms with Crippen molar-refractivity contribution in [1.29, 1.82) is 0 Å². The summed E-state index contributed by atoms with van der Waals surface area (Å²) in [4.78, 5) is 0. The Kier molecular flexibility index (Phi) is 4.72. The van der Waals surface area contributed by atoms with E-state index in [0.29, 0.717) is 0 Å². The zero-order chi connectivity index (χ0) is 10.4. The average molecular weight is 252 g/mol. The molecule has 1 rings (SSSR count). The number of halogens is 1. The van der Waals surface area contributed by atoms with Crippen LogP contribution in [0, 0.1) is 12.3 Å². The van der Waals surface area contributed by atoms with Crippen LogP contribution in [-0.2, 0) is 0 Å². The van der Waals surface area contributed by atoms with Crippen LogP contribution in [0.15, 0.2) is 28.7 Å². The molecule has 0 saturated heterocycles. The van der Waals surface area contributed by atoms with Crippen LogP contribution in [0.5, 0.6) is 0 Å². The number of rotatable bonds is 4. The van der Waals surface area contributed by atoms with Crippen molar-refractivity contribution in [2.75, 3.05) is 0 Å². The van der Waals surface area contributed by atoms with Crippen LogP contribution >= 0.6 is 15.9 Å². The van der Waals surface area contributed by atoms with E-state index in [9.17, 15) is 0 Å². The molecule has 0 fully saturated rings. The molecule has 2 N–H and O–H groups in total. The van der Waals surface area contributed by atoms with Crippen LogP contribution in [0.4, 0.5) is 0 Å². The van der Waals surface area contributed by atoms with Crippen LogP contribution in [0.3, 0.4) is 0 Å². The van der Waals surface area contributed by atoms with Crippen molar-refractivity contribution in [3.05, 3.63) is 34.3 Å². The van der Waals surface area contributed by atoms with Gasteiger partial charge in [0.1, 0.15) is 0 Å². The van der Waals surface area contributed by atoms with E-state index in [1.165, 1.54) is 5.56 Å². The molecule has 0 aliphatic rings. The third kappa shape index (κ3) is 3.53. The first-order valence-corrected chi connectivity index (χ1v) is 5.48. The summed E-state index contributed by atoms with van der Waals surface area (Å²) >= 11 is 3.39. The van der Waals surface area contributed by atoms with Gasteiger partial charge in [0.25, 0.3) is 0 Å². The zero-order valence-corrected chi connectivity index (χ0v) is 9.63. The van der Waals surface area contributed by atoms with Gasteiger partial charge in [-0.1, -0.05) is 28.1 Å². The molecular formula is C12H14BrN. The Balaban J connectivity index is 2.48. The molecule has 1 aromatic carbocycles. The van der Waals surface area contributed by atoms with Gasteiger partial charge in [0.05, 0.1) is 0 Å². The number of unbranched alkanes of at least 4 members (excludes halogenated alkanes) is 1. The maximum Gasteiger partial charge on any atom is 0.0295 e. The molecule has 1 unspecified atom stereocenters. The summed E-state index contributed by atoms with van der Waals surface area (Å²) in [5.74, 6) is 2.62. The molecule has 0 amide bonds. The lowest BCUT2D eigenvalue weighted by Gasteiger charge is -2.10. The van der Waals surface area contributed by atoms with Crippen molar-refractivity contribution < 1.29 is 0 Å². The average Bonchev–Trinajstić information content (AvgIpc) is 2.19. The molecular weight excluding hydrogens is 238 g/mol. The molecule has 0 aliphatic carbocycles. The van der Waals surface area contributed by atoms with E-state index in [1.54, 1.807) is 0 Å². The summed E-state index contributed by atoms with van der Waals surface area (Å²) in [6.45, 7) is 0. The van der Waals surface area contributed by atoms with Crippen molar-refractivity contribution in [2.24, 2.45) is 5.73 Å². The van der Waals surface area contributed by atoms with Gasteiger partial charge in [-0.3, -0.25) is 0 Å². The number of nitrogens with two attached hydrogens (primary N) is 1. The molecule has 1 aromatic rings. The van der Waals surface area contributed by atoms with E-state index < -0.39 is 0 Å². The lowest BCUT2D eigenvalue weighted by atomic mass is 10.0. The van der Waals surface area contributed by atoms with E-state index in [2.05, 4.69) is 21.9 Å². The van der Waals surface area contributed by atoms with Gasteiger partial charge in [-0.2, -0.15) is 0 Å². The fraction of sp³-hybridized carbons (Fsp3) is 0.333. The Morgan fingerprint density at radius 3 is 2.57 bits per heavy atom. The highest BCUT2D eigenvalue weighted by Gasteiger charge is 2.04. The minimum absolute atomic E-state index is 0.108. The summed E-state index contributed by atoms with van der Waals surface area (Å²) in [6, 6.07) is 8.22. The van der Waals surface area contributed by atoms with E-state index in [-0.39, 0.29) is 6.04 Å². The predicted molar refractivity (Wildman–Crippen MR) is 63.8 cm³/mol. The molecule has 0 radical (unpaired) electrons. The quantitative estimate of drug-likeness (QED) is 0.646. The molecule has 0 bridgehead atoms. The van der Waals surface area contributed by atoms with Gasteiger partial charge in [0.15, 0.2) is 0 Å². The summed E-state index contributed by atoms with van der Waals surface area (Å²) in [6.07, 6.45) is 7.93. The van der Waals surface area contributed by atoms with Gasteiger partial charge in [-0.25, -0.2) is 0 Å². The van der Waals surface area contributed by atoms with Crippen LogP contribution in [-0.4, -0.2) is 0 Å². The first-order valence-electron chi connectivity index (χ1n) is 4.68. The molecule has 0 spiro atoms. The van der Waals surface area contributed by atoms with E-state index in [0.717, 1.165) is 23.7 Å². The maximum atomic E-state index is 6.00. The van der Waals surface area contributed by atoms with Crippen LogP contribution in [0.1, 0.15) is 30.9 Å². The third-order valence-electron chi connectivity index (χ3n) is 2.13. The second-order valence-corrected chi connectivity index (χ2v) is 4.17. The highest BCUT2D eigenvalue weighted by atomic mass is 79.9. The predicted octanol–water partition coefficient (Wildman–Crippen LogP) is 3.25. The molecule has 0 aliphatic heterocycles. The summed E-state index contributed by atoms with van der Waals surface area (Å²) in [5.41, 5.74) is 7.17. The highest BCUT2D eigenvalue weighted by molar-refractivity contribution is 9.10. The van der Waals surface area contributed by atoms with Crippen molar-refractivity contribution in [2.45, 2.75) is 25.3 Å². The smallest absolute Gasteiger partial charge is 0.0295 e. The number of terminal acetylenes is 1. The zero-order valence-electron chi connectivity index (χ0n) is 8.04. The largest absolute Gasteiger partial charge is 0.324 e. The van der Waals surface area contributed by atoms with Crippen molar-refractivity contribution in [1.82, 2.24) is 0 Å². The number of benzene rings is 1. The molecule has 0 heterocycles. The molecule has 2 heteroatoms. The topological polar surface area (TPSA) is 26.0 Å². The molecule has 1 nitrogen and oxygen atoms in total. The minimum atomic E-state index is 0.108. The number of hydrogen-bond acceptors (Lipinski definition) is 1. The molecule has 0 aromatic heterocycles. The molecule has 14 heavy (non-hydrogen) atoms. The molecule has 74 valence electrons. The molecule has 0 saturated carbocycles. The highest BCUT2D eigenvalue weighted by Crippen LogP contribution is 2.19. The Labute approximate surface area is 93.8 Å². The Morgan fingerprint density at radius 2 is 2.00 bits per heavy atom. The Morgan fingerprint density at radius 1 is 1.36 bits per heavy atom. The summed E-state index contributed by atoms with van der Waals surface area (Å²) in [7, 11) is 0. The third-order valence-corrected chi connectivity index (χ3v) is 2.66. The second-order valence-electron chi connectivity index (χ2n) is 3.25. The van der Waals surface area contributed by atoms with Crippen LogP contribution in [0.25, 0.3) is 0 Å². The fourth-order valence-electron chi connectivity index (χ4n) is 1.30.